The molecule has 6 fully saturated rings. The zero-order valence-corrected chi connectivity index (χ0v) is 80.5. The fourth-order valence-corrected chi connectivity index (χ4v) is 23.8. The highest BCUT2D eigenvalue weighted by atomic mass is 32.5. The average Bonchev–Trinajstić information content (AvgIpc) is 1.68. The van der Waals surface area contributed by atoms with Crippen LogP contribution < -0.4 is 67.8 Å². The van der Waals surface area contributed by atoms with Gasteiger partial charge >= 0.3 is 74.5 Å². The molecule has 129 heavy (non-hydrogen) atoms. The molecule has 14 N–H and O–H groups in total. The van der Waals surface area contributed by atoms with Crippen LogP contribution in [0.2, 0.25) is 0 Å². The molecular formula is C69H100N14O34P6S6. The summed E-state index contributed by atoms with van der Waals surface area (Å²) in [4.78, 5) is 218. The molecule has 6 saturated heterocycles. The Hall–Kier alpha value is -4.98. The van der Waals surface area contributed by atoms with Crippen LogP contribution in [0.3, 0.4) is 0 Å². The van der Waals surface area contributed by atoms with Gasteiger partial charge in [0, 0.05) is 109 Å². The summed E-state index contributed by atoms with van der Waals surface area (Å²) in [7, 11) is 0. The summed E-state index contributed by atoms with van der Waals surface area (Å²) in [5, 5.41) is 0. The van der Waals surface area contributed by atoms with Gasteiger partial charge in [-0.05, 0) is 125 Å². The van der Waals surface area contributed by atoms with E-state index in [2.05, 4.69) is 29.9 Å². The molecule has 716 valence electrons. The SMILES string of the molecule is CCCCCOP(O)(=S)OC1C[C@H](n2cc(C)c(=O)[nH]c2=O)O[C@@H]1COP(O)(=S)OC1C[C@H](n2cc(C)c(=O)[nH]c2=O)O[C@@H]1COP(O)(=S)OC1C[C@H](n2cc(C)c(N)nc2=O)O[C@@H]1COP(O)(=S)OC1C[C@H](n2cc(C)c(=O)[nH]c2=O)O[C@@H]1COP(O)(=S)OC1C[C@H](n2cc(C)c(N)nc2=O)O[C@@H]1COP(O)(=S)OC1C[C@H](n2cc(C)c(=O)[nH]c2=O)O[C@@H]1CCCCC. The first-order valence-electron chi connectivity index (χ1n) is 40.4. The number of rotatable bonds is 42. The molecular weight excluding hydrogens is 1950 g/mol. The number of aromatic nitrogens is 12. The van der Waals surface area contributed by atoms with Crippen LogP contribution in [0.1, 0.15) is 168 Å². The summed E-state index contributed by atoms with van der Waals surface area (Å²) < 4.78 is 116. The second kappa shape index (κ2) is 43.2. The maximum Gasteiger partial charge on any atom is 0.351 e. The average molecular weight is 2050 g/mol. The van der Waals surface area contributed by atoms with E-state index in [4.69, 9.17) is 165 Å². The number of nitrogen functional groups attached to an aromatic ring is 2. The van der Waals surface area contributed by atoms with E-state index in [1.165, 1.54) is 69.4 Å². The summed E-state index contributed by atoms with van der Waals surface area (Å²) >= 11 is 33.4. The molecule has 24 atom stereocenters. The maximum absolute atomic E-state index is 13.6. The first-order valence-corrected chi connectivity index (χ1v) is 56.0. The summed E-state index contributed by atoms with van der Waals surface area (Å²) in [6.07, 6.45) is -12.2. The van der Waals surface area contributed by atoms with Gasteiger partial charge in [0.25, 0.3) is 22.2 Å². The molecule has 60 heteroatoms. The molecule has 12 unspecified atom stereocenters. The van der Waals surface area contributed by atoms with Crippen molar-refractivity contribution in [2.75, 3.05) is 51.1 Å². The van der Waals surface area contributed by atoms with Crippen LogP contribution in [-0.2, 0) is 154 Å². The summed E-state index contributed by atoms with van der Waals surface area (Å²) in [5.41, 5.74) is 5.19. The number of unbranched alkanes of at least 4 members (excludes halogenated alkanes) is 4. The fraction of sp³-hybridized carbons (Fsp3) is 0.652. The molecule has 0 aromatic carbocycles. The molecule has 0 saturated carbocycles. The largest absolute Gasteiger partial charge is 0.383 e. The third-order valence-electron chi connectivity index (χ3n) is 21.6. The van der Waals surface area contributed by atoms with E-state index < -0.39 is 240 Å². The number of hydrogen-bond donors (Lipinski definition) is 12. The van der Waals surface area contributed by atoms with Crippen LogP contribution in [0, 0.1) is 41.5 Å². The lowest BCUT2D eigenvalue weighted by Gasteiger charge is -2.28. The molecule has 0 aliphatic carbocycles. The minimum Gasteiger partial charge on any atom is -0.383 e. The molecule has 0 radical (unpaired) electrons. The van der Waals surface area contributed by atoms with Gasteiger partial charge in [0.05, 0.1) is 82.4 Å². The van der Waals surface area contributed by atoms with Crippen molar-refractivity contribution in [2.24, 2.45) is 0 Å². The van der Waals surface area contributed by atoms with E-state index in [9.17, 15) is 77.3 Å². The van der Waals surface area contributed by atoms with Gasteiger partial charge in [-0.2, -0.15) is 9.97 Å². The lowest BCUT2D eigenvalue weighted by molar-refractivity contribution is -0.0578. The Balaban J connectivity index is 0.747. The van der Waals surface area contributed by atoms with Crippen LogP contribution in [0.15, 0.2) is 85.1 Å². The van der Waals surface area contributed by atoms with Gasteiger partial charge in [0.15, 0.2) is 0 Å². The van der Waals surface area contributed by atoms with Crippen molar-refractivity contribution in [1.29, 1.82) is 0 Å². The molecule has 6 aliphatic rings. The first kappa shape index (κ1) is 103. The summed E-state index contributed by atoms with van der Waals surface area (Å²) in [6, 6.07) is 0. The predicted molar refractivity (Wildman–Crippen MR) is 478 cm³/mol. The highest BCUT2D eigenvalue weighted by Gasteiger charge is 2.50. The van der Waals surface area contributed by atoms with Gasteiger partial charge in [-0.1, -0.05) is 46.0 Å². The van der Waals surface area contributed by atoms with Crippen LogP contribution in [0.25, 0.3) is 0 Å². The monoisotopic (exact) mass is 2050 g/mol. The second-order valence-electron chi connectivity index (χ2n) is 31.3. The van der Waals surface area contributed by atoms with Gasteiger partial charge < -0.3 is 124 Å². The number of aromatic amines is 4. The number of anilines is 2. The zero-order valence-electron chi connectivity index (χ0n) is 70.3. The van der Waals surface area contributed by atoms with Crippen molar-refractivity contribution in [3.8, 4) is 0 Å². The van der Waals surface area contributed by atoms with E-state index in [1.54, 1.807) is 13.8 Å². The fourth-order valence-electron chi connectivity index (χ4n) is 14.8. The summed E-state index contributed by atoms with van der Waals surface area (Å²) in [6.45, 7) is -17.8. The molecule has 6 aromatic rings. The standard InChI is InChI=1S/C69H100N14O34P6S6/c1-9-11-13-15-40-41(17-52(106-40)80-25-36(5)60(84)74-66(80)90)112-119(95,125)101-30-48-43(19-53(107-48)78-23-34(3)58(70)72-64(78)88)114-121(97,127)104-33-51-46(22-57(111-51)83-28-39(8)63(87)77-69(83)93)117-123(99,129)103-31-49-44(20-54(108-49)79-24-35(4)59(71)73-65(79)89)115-122(98,128)105-32-50-45(21-56(110-50)82-27-38(7)62(86)76-68(82)92)116-120(96,126)102-29-47-42(113-118(94,124)100-16-14-12-10-2)18-55(109-47)81-26-37(6)61(85)75-67(81)91/h23-28,40-57H,9-22,29-33H2,1-8H3,(H,94,124)(H,95,125)(H,96,126)(H,97,127)(H,98,128)(H,99,129)(H2,70,72,88)(H2,71,73,89)(H,74,84,90)(H,75,85,91)(H,76,86,92)(H,77,87,93)/t40-,41?,42?,43?,44?,45?,46?,47-,48-,49-,50-,51-,52-,53-,54-,55-,56-,57-,118?,119?,120?,121?,122?,123?/m1/s1. The molecule has 12 rings (SSSR count). The molecule has 0 amide bonds. The number of hydrogen-bond acceptors (Lipinski definition) is 38. The minimum atomic E-state index is -4.73. The Morgan fingerprint density at radius 3 is 0.814 bits per heavy atom. The Kier molecular flexibility index (Phi) is 34.4. The van der Waals surface area contributed by atoms with Gasteiger partial charge in [0.1, 0.15) is 79.5 Å². The molecule has 6 aromatic heterocycles. The lowest BCUT2D eigenvalue weighted by atomic mass is 10.1. The highest BCUT2D eigenvalue weighted by Crippen LogP contribution is 2.58. The Bertz CT molecular complexity index is 6060. The number of nitrogens with zero attached hydrogens (tertiary/aromatic N) is 8. The van der Waals surface area contributed by atoms with E-state index in [1.807, 2.05) is 13.8 Å². The van der Waals surface area contributed by atoms with Crippen molar-refractivity contribution in [1.82, 2.24) is 57.3 Å². The Morgan fingerprint density at radius 1 is 0.341 bits per heavy atom. The van der Waals surface area contributed by atoms with E-state index in [0.717, 1.165) is 48.5 Å². The van der Waals surface area contributed by atoms with E-state index in [0.29, 0.717) is 30.4 Å². The molecule has 12 heterocycles. The van der Waals surface area contributed by atoms with Crippen LogP contribution in [-0.4, -0.2) is 200 Å². The molecule has 0 spiro atoms. The quantitative estimate of drug-likeness (QED) is 0.0194. The van der Waals surface area contributed by atoms with Gasteiger partial charge in [-0.3, -0.25) is 66.5 Å². The minimum absolute atomic E-state index is 0.0146. The third-order valence-corrected chi connectivity index (χ3v) is 31.1. The zero-order chi connectivity index (χ0) is 93.9. The number of H-pyrrole nitrogens is 4. The first-order chi connectivity index (χ1) is 60.5. The van der Waals surface area contributed by atoms with Gasteiger partial charge in [-0.15, -0.1) is 0 Å². The summed E-state index contributed by atoms with van der Waals surface area (Å²) in [5.74, 6) is -0.205. The van der Waals surface area contributed by atoms with Crippen molar-refractivity contribution >= 4 is 123 Å². The molecule has 6 aliphatic heterocycles. The number of ether oxygens (including phenoxy) is 6. The lowest BCUT2D eigenvalue weighted by Crippen LogP contribution is -2.33. The predicted octanol–water partition coefficient (Wildman–Crippen LogP) is 2.92. The Labute approximate surface area is 762 Å². The van der Waals surface area contributed by atoms with Gasteiger partial charge in [0.2, 0.25) is 0 Å². The molecule has 48 nitrogen and oxygen atoms in total. The van der Waals surface area contributed by atoms with Crippen LogP contribution in [0.4, 0.5) is 11.6 Å². The van der Waals surface area contributed by atoms with E-state index >= 15 is 0 Å². The third kappa shape index (κ3) is 26.9. The van der Waals surface area contributed by atoms with Crippen molar-refractivity contribution < 1.29 is 112 Å². The van der Waals surface area contributed by atoms with Gasteiger partial charge in [-0.25, -0.2) is 28.8 Å². The smallest absolute Gasteiger partial charge is 0.351 e. The van der Waals surface area contributed by atoms with Crippen molar-refractivity contribution in [3.05, 3.63) is 175 Å². The number of nitrogens with two attached hydrogens (primary N) is 2. The van der Waals surface area contributed by atoms with Crippen molar-refractivity contribution in [3.63, 3.8) is 0 Å². The molecule has 0 bridgehead atoms. The number of aryl methyl sites for hydroxylation is 6. The van der Waals surface area contributed by atoms with E-state index in [-0.39, 0.29) is 79.0 Å². The second-order valence-corrected chi connectivity index (χ2v) is 48.0. The van der Waals surface area contributed by atoms with Crippen LogP contribution in [0.5, 0.6) is 0 Å². The number of nitrogens with one attached hydrogen (secondary N) is 4. The topological polar surface area (TPSA) is 629 Å². The van der Waals surface area contributed by atoms with Crippen LogP contribution >= 0.6 is 40.3 Å². The van der Waals surface area contributed by atoms with Crippen molar-refractivity contribution in [2.45, 2.75) is 249 Å². The Morgan fingerprint density at radius 2 is 0.558 bits per heavy atom. The highest BCUT2D eigenvalue weighted by molar-refractivity contribution is 8.08. The maximum atomic E-state index is 13.6. The normalized spacial score (nSPS) is 28.8.